The Kier molecular flexibility index (Phi) is 5.15. The molecule has 0 radical (unpaired) electrons. The van der Waals surface area contributed by atoms with E-state index in [0.29, 0.717) is 11.4 Å². The normalized spacial score (nSPS) is 12.0. The monoisotopic (exact) mass is 318 g/mol. The number of esters is 1. The number of methoxy groups -OCH3 is 1. The summed E-state index contributed by atoms with van der Waals surface area (Å²) in [6, 6.07) is 5.29. The van der Waals surface area contributed by atoms with Gasteiger partial charge in [0.05, 0.1) is 12.1 Å². The number of ether oxygens (including phenoxy) is 1. The zero-order valence-corrected chi connectivity index (χ0v) is 11.8. The third-order valence-corrected chi connectivity index (χ3v) is 3.61. The average molecular weight is 320 g/mol. The van der Waals surface area contributed by atoms with Crippen LogP contribution in [-0.4, -0.2) is 18.9 Å². The van der Waals surface area contributed by atoms with Crippen LogP contribution in [0.4, 0.5) is 0 Å². The van der Waals surface area contributed by atoms with Gasteiger partial charge in [-0.3, -0.25) is 9.59 Å². The first-order chi connectivity index (χ1) is 7.95. The lowest BCUT2D eigenvalue weighted by molar-refractivity contribution is -0.148. The number of Topliss-reactive ketones (excluding diaryl/α,β-unsaturated/α-hetero) is 1. The van der Waals surface area contributed by atoms with E-state index < -0.39 is 11.9 Å². The van der Waals surface area contributed by atoms with Crippen LogP contribution in [0.15, 0.2) is 22.7 Å². The van der Waals surface area contributed by atoms with Crippen LogP contribution in [0, 0.1) is 5.92 Å². The maximum atomic E-state index is 11.4. The molecule has 0 unspecified atom stereocenters. The van der Waals surface area contributed by atoms with E-state index in [4.69, 9.17) is 11.6 Å². The predicted octanol–water partition coefficient (Wildman–Crippen LogP) is 3.02. The Labute approximate surface area is 113 Å². The second-order valence-electron chi connectivity index (χ2n) is 3.64. The zero-order chi connectivity index (χ0) is 13.0. The van der Waals surface area contributed by atoms with E-state index in [2.05, 4.69) is 20.7 Å². The molecular formula is C12H12BrClO3. The van der Waals surface area contributed by atoms with Gasteiger partial charge in [0.25, 0.3) is 0 Å². The fraction of sp³-hybridized carbons (Fsp3) is 0.333. The van der Waals surface area contributed by atoms with Gasteiger partial charge in [-0.15, -0.1) is 0 Å². The van der Waals surface area contributed by atoms with Gasteiger partial charge in [-0.05, 0) is 47.0 Å². The van der Waals surface area contributed by atoms with Crippen LogP contribution in [0.25, 0.3) is 0 Å². The van der Waals surface area contributed by atoms with Gasteiger partial charge >= 0.3 is 5.97 Å². The molecule has 0 aromatic heterocycles. The fourth-order valence-corrected chi connectivity index (χ4v) is 1.98. The largest absolute Gasteiger partial charge is 0.468 e. The van der Waals surface area contributed by atoms with Crippen LogP contribution in [0.5, 0.6) is 0 Å². The first kappa shape index (κ1) is 14.2. The maximum Gasteiger partial charge on any atom is 0.316 e. The standard InChI is InChI=1S/C12H12BrClO3/c1-7(15)9(12(16)17-2)5-8-3-4-11(14)10(13)6-8/h3-4,6,9H,5H2,1-2H3/t9-/m0/s1. The predicted molar refractivity (Wildman–Crippen MR) is 69.0 cm³/mol. The lowest BCUT2D eigenvalue weighted by atomic mass is 9.96. The first-order valence-corrected chi connectivity index (χ1v) is 6.15. The van der Waals surface area contributed by atoms with Crippen LogP contribution in [-0.2, 0) is 20.7 Å². The SMILES string of the molecule is COC(=O)[C@@H](Cc1ccc(Cl)c(Br)c1)C(C)=O. The summed E-state index contributed by atoms with van der Waals surface area (Å²) in [6.07, 6.45) is 0.317. The molecule has 0 fully saturated rings. The molecule has 0 bridgehead atoms. The summed E-state index contributed by atoms with van der Waals surface area (Å²) in [4.78, 5) is 22.8. The highest BCUT2D eigenvalue weighted by Gasteiger charge is 2.24. The molecule has 0 spiro atoms. The van der Waals surface area contributed by atoms with Crippen LogP contribution < -0.4 is 0 Å². The summed E-state index contributed by atoms with van der Waals surface area (Å²) in [5, 5.41) is 0.589. The molecule has 3 nitrogen and oxygen atoms in total. The molecular weight excluding hydrogens is 307 g/mol. The van der Waals surface area contributed by atoms with Gasteiger partial charge in [0.15, 0.2) is 0 Å². The molecule has 0 saturated carbocycles. The van der Waals surface area contributed by atoms with Crippen molar-refractivity contribution in [1.82, 2.24) is 0 Å². The van der Waals surface area contributed by atoms with Crippen molar-refractivity contribution in [3.05, 3.63) is 33.3 Å². The minimum atomic E-state index is -0.756. The van der Waals surface area contributed by atoms with Crippen molar-refractivity contribution in [2.75, 3.05) is 7.11 Å². The van der Waals surface area contributed by atoms with Gasteiger partial charge in [-0.1, -0.05) is 17.7 Å². The van der Waals surface area contributed by atoms with Crippen molar-refractivity contribution in [3.63, 3.8) is 0 Å². The number of benzene rings is 1. The van der Waals surface area contributed by atoms with Crippen LogP contribution >= 0.6 is 27.5 Å². The molecule has 0 aliphatic heterocycles. The number of rotatable bonds is 4. The molecule has 5 heteroatoms. The zero-order valence-electron chi connectivity index (χ0n) is 9.50. The second kappa shape index (κ2) is 6.17. The third-order valence-electron chi connectivity index (χ3n) is 2.40. The van der Waals surface area contributed by atoms with Gasteiger partial charge < -0.3 is 4.74 Å². The summed E-state index contributed by atoms with van der Waals surface area (Å²) in [7, 11) is 1.27. The molecule has 0 saturated heterocycles. The van der Waals surface area contributed by atoms with E-state index in [9.17, 15) is 9.59 Å². The summed E-state index contributed by atoms with van der Waals surface area (Å²) < 4.78 is 5.34. The van der Waals surface area contributed by atoms with Crippen molar-refractivity contribution in [1.29, 1.82) is 0 Å². The Hall–Kier alpha value is -0.870. The summed E-state index contributed by atoms with van der Waals surface area (Å²) >= 11 is 9.16. The van der Waals surface area contributed by atoms with Gasteiger partial charge in [-0.2, -0.15) is 0 Å². The molecule has 0 aliphatic carbocycles. The molecule has 1 atom stereocenters. The van der Waals surface area contributed by atoms with Crippen molar-refractivity contribution in [3.8, 4) is 0 Å². The summed E-state index contributed by atoms with van der Waals surface area (Å²) in [5.41, 5.74) is 0.854. The average Bonchev–Trinajstić information content (AvgIpc) is 2.29. The van der Waals surface area contributed by atoms with Crippen LogP contribution in [0.3, 0.4) is 0 Å². The Morgan fingerprint density at radius 3 is 2.59 bits per heavy atom. The number of ketones is 1. The summed E-state index contributed by atoms with van der Waals surface area (Å²) in [6.45, 7) is 1.38. The van der Waals surface area contributed by atoms with E-state index in [1.54, 1.807) is 18.2 Å². The molecule has 92 valence electrons. The second-order valence-corrected chi connectivity index (χ2v) is 4.90. The van der Waals surface area contributed by atoms with Gasteiger partial charge in [0.1, 0.15) is 11.7 Å². The van der Waals surface area contributed by atoms with Crippen molar-refractivity contribution < 1.29 is 14.3 Å². The molecule has 0 heterocycles. The maximum absolute atomic E-state index is 11.4. The minimum absolute atomic E-state index is 0.206. The van der Waals surface area contributed by atoms with Gasteiger partial charge in [-0.25, -0.2) is 0 Å². The highest BCUT2D eigenvalue weighted by molar-refractivity contribution is 9.10. The Morgan fingerprint density at radius 2 is 2.12 bits per heavy atom. The molecule has 0 aliphatic rings. The highest BCUT2D eigenvalue weighted by atomic mass is 79.9. The van der Waals surface area contributed by atoms with E-state index in [1.165, 1.54) is 14.0 Å². The smallest absolute Gasteiger partial charge is 0.316 e. The molecule has 1 aromatic carbocycles. The van der Waals surface area contributed by atoms with Gasteiger partial charge in [0, 0.05) is 4.47 Å². The van der Waals surface area contributed by atoms with Crippen molar-refractivity contribution in [2.24, 2.45) is 5.92 Å². The topological polar surface area (TPSA) is 43.4 Å². The molecule has 17 heavy (non-hydrogen) atoms. The Balaban J connectivity index is 2.90. The fourth-order valence-electron chi connectivity index (χ4n) is 1.44. The molecule has 1 aromatic rings. The number of carbonyl (C=O) groups is 2. The third kappa shape index (κ3) is 3.82. The van der Waals surface area contributed by atoms with Crippen molar-refractivity contribution >= 4 is 39.3 Å². The van der Waals surface area contributed by atoms with Gasteiger partial charge in [0.2, 0.25) is 0 Å². The molecule has 0 N–H and O–H groups in total. The van der Waals surface area contributed by atoms with E-state index in [0.717, 1.165) is 10.0 Å². The number of carbonyl (C=O) groups excluding carboxylic acids is 2. The lowest BCUT2D eigenvalue weighted by Gasteiger charge is -2.11. The summed E-state index contributed by atoms with van der Waals surface area (Å²) in [5.74, 6) is -1.47. The number of hydrogen-bond acceptors (Lipinski definition) is 3. The van der Waals surface area contributed by atoms with E-state index in [1.807, 2.05) is 0 Å². The Morgan fingerprint density at radius 1 is 1.47 bits per heavy atom. The van der Waals surface area contributed by atoms with E-state index >= 15 is 0 Å². The quantitative estimate of drug-likeness (QED) is 0.633. The molecule has 1 rings (SSSR count). The molecule has 0 amide bonds. The lowest BCUT2D eigenvalue weighted by Crippen LogP contribution is -2.25. The number of hydrogen-bond donors (Lipinski definition) is 0. The number of halogens is 2. The van der Waals surface area contributed by atoms with E-state index in [-0.39, 0.29) is 5.78 Å². The van der Waals surface area contributed by atoms with Crippen LogP contribution in [0.1, 0.15) is 12.5 Å². The van der Waals surface area contributed by atoms with Crippen LogP contribution in [0.2, 0.25) is 5.02 Å². The first-order valence-electron chi connectivity index (χ1n) is 4.98. The highest BCUT2D eigenvalue weighted by Crippen LogP contribution is 2.24. The Bertz CT molecular complexity index is 445. The minimum Gasteiger partial charge on any atom is -0.468 e. The van der Waals surface area contributed by atoms with Crippen molar-refractivity contribution in [2.45, 2.75) is 13.3 Å².